The van der Waals surface area contributed by atoms with E-state index in [9.17, 15) is 26.4 Å². The van der Waals surface area contributed by atoms with Crippen LogP contribution in [0.15, 0.2) is 36.4 Å². The molecule has 27 heavy (non-hydrogen) atoms. The lowest BCUT2D eigenvalue weighted by molar-refractivity contribution is -0.117. The fraction of sp³-hybridized carbons (Fsp3) is 0.235. The van der Waals surface area contributed by atoms with Crippen molar-refractivity contribution in [2.24, 2.45) is 0 Å². The SMILES string of the molecule is CC[C@@H](C(=O)Nc1ccc(F)cc1F)N(c1ccc(F)c(Cl)c1)S(C)(=O)=O. The van der Waals surface area contributed by atoms with Gasteiger partial charge < -0.3 is 5.32 Å². The van der Waals surface area contributed by atoms with Crippen molar-refractivity contribution in [2.75, 3.05) is 15.9 Å². The maximum absolute atomic E-state index is 13.8. The Morgan fingerprint density at radius 3 is 2.33 bits per heavy atom. The average Bonchev–Trinajstić information content (AvgIpc) is 2.56. The number of anilines is 2. The molecule has 1 amide bonds. The van der Waals surface area contributed by atoms with Gasteiger partial charge in [0.15, 0.2) is 0 Å². The Balaban J connectivity index is 2.42. The third-order valence-electron chi connectivity index (χ3n) is 3.68. The lowest BCUT2D eigenvalue weighted by Gasteiger charge is -2.30. The van der Waals surface area contributed by atoms with Gasteiger partial charge in [0.05, 0.1) is 22.7 Å². The van der Waals surface area contributed by atoms with Crippen molar-refractivity contribution in [2.45, 2.75) is 19.4 Å². The van der Waals surface area contributed by atoms with Crippen LogP contribution in [0.4, 0.5) is 24.5 Å². The van der Waals surface area contributed by atoms with Crippen LogP contribution in [0.1, 0.15) is 13.3 Å². The van der Waals surface area contributed by atoms with Crippen LogP contribution in [-0.4, -0.2) is 26.6 Å². The highest BCUT2D eigenvalue weighted by Crippen LogP contribution is 2.28. The van der Waals surface area contributed by atoms with Crippen LogP contribution >= 0.6 is 11.6 Å². The molecule has 0 aliphatic rings. The predicted molar refractivity (Wildman–Crippen MR) is 97.8 cm³/mol. The monoisotopic (exact) mass is 420 g/mol. The molecular weight excluding hydrogens is 405 g/mol. The third kappa shape index (κ3) is 4.92. The molecule has 5 nitrogen and oxygen atoms in total. The van der Waals surface area contributed by atoms with Gasteiger partial charge in [-0.2, -0.15) is 0 Å². The van der Waals surface area contributed by atoms with Gasteiger partial charge in [-0.25, -0.2) is 21.6 Å². The van der Waals surface area contributed by atoms with Gasteiger partial charge >= 0.3 is 0 Å². The van der Waals surface area contributed by atoms with Gasteiger partial charge in [0, 0.05) is 6.07 Å². The number of sulfonamides is 1. The number of nitrogens with one attached hydrogen (secondary N) is 1. The third-order valence-corrected chi connectivity index (χ3v) is 5.15. The maximum atomic E-state index is 13.8. The highest BCUT2D eigenvalue weighted by atomic mass is 35.5. The number of carbonyl (C=O) groups excluding carboxylic acids is 1. The van der Waals surface area contributed by atoms with Crippen molar-refractivity contribution in [3.63, 3.8) is 0 Å². The van der Waals surface area contributed by atoms with E-state index in [0.717, 1.165) is 40.9 Å². The first kappa shape index (κ1) is 21.0. The second-order valence-corrected chi connectivity index (χ2v) is 7.96. The Kier molecular flexibility index (Phi) is 6.38. The van der Waals surface area contributed by atoms with E-state index in [2.05, 4.69) is 5.32 Å². The Hall–Kier alpha value is -2.26. The molecule has 146 valence electrons. The minimum Gasteiger partial charge on any atom is -0.322 e. The first-order valence-corrected chi connectivity index (χ1v) is 9.97. The van der Waals surface area contributed by atoms with Crippen LogP contribution in [-0.2, 0) is 14.8 Å². The molecule has 0 saturated heterocycles. The van der Waals surface area contributed by atoms with Crippen LogP contribution < -0.4 is 9.62 Å². The van der Waals surface area contributed by atoms with Gasteiger partial charge in [-0.15, -0.1) is 0 Å². The van der Waals surface area contributed by atoms with Crippen molar-refractivity contribution in [3.8, 4) is 0 Å². The Morgan fingerprint density at radius 1 is 1.15 bits per heavy atom. The van der Waals surface area contributed by atoms with E-state index in [-0.39, 0.29) is 22.8 Å². The second kappa shape index (κ2) is 8.18. The summed E-state index contributed by atoms with van der Waals surface area (Å²) in [6, 6.07) is 4.50. The molecule has 0 heterocycles. The lowest BCUT2D eigenvalue weighted by Crippen LogP contribution is -2.47. The Bertz CT molecular complexity index is 970. The summed E-state index contributed by atoms with van der Waals surface area (Å²) in [4.78, 5) is 12.6. The lowest BCUT2D eigenvalue weighted by atomic mass is 10.1. The summed E-state index contributed by atoms with van der Waals surface area (Å²) in [5.41, 5.74) is -0.323. The highest BCUT2D eigenvalue weighted by Gasteiger charge is 2.32. The summed E-state index contributed by atoms with van der Waals surface area (Å²) < 4.78 is 65.5. The number of hydrogen-bond donors (Lipinski definition) is 1. The maximum Gasteiger partial charge on any atom is 0.248 e. The molecule has 0 fully saturated rings. The van der Waals surface area contributed by atoms with Gasteiger partial charge in [-0.1, -0.05) is 18.5 Å². The molecule has 0 aliphatic heterocycles. The van der Waals surface area contributed by atoms with E-state index in [0.29, 0.717) is 6.07 Å². The fourth-order valence-electron chi connectivity index (χ4n) is 2.49. The van der Waals surface area contributed by atoms with Gasteiger partial charge in [-0.3, -0.25) is 9.10 Å². The molecule has 2 aromatic carbocycles. The molecule has 1 atom stereocenters. The van der Waals surface area contributed by atoms with Crippen molar-refractivity contribution in [1.29, 1.82) is 0 Å². The molecule has 0 spiro atoms. The quantitative estimate of drug-likeness (QED) is 0.769. The first-order valence-electron chi connectivity index (χ1n) is 7.75. The number of amides is 1. The smallest absolute Gasteiger partial charge is 0.248 e. The Labute approximate surface area is 159 Å². The molecule has 2 aromatic rings. The fourth-order valence-corrected chi connectivity index (χ4v) is 3.87. The molecule has 1 N–H and O–H groups in total. The highest BCUT2D eigenvalue weighted by molar-refractivity contribution is 7.92. The summed E-state index contributed by atoms with van der Waals surface area (Å²) in [6.45, 7) is 1.55. The van der Waals surface area contributed by atoms with Crippen molar-refractivity contribution in [1.82, 2.24) is 0 Å². The van der Waals surface area contributed by atoms with E-state index in [1.54, 1.807) is 6.92 Å². The number of hydrogen-bond acceptors (Lipinski definition) is 3. The molecule has 10 heteroatoms. The number of nitrogens with zero attached hydrogens (tertiary/aromatic N) is 1. The minimum absolute atomic E-state index is 0.0227. The van der Waals surface area contributed by atoms with Crippen LogP contribution in [0.3, 0.4) is 0 Å². The zero-order valence-electron chi connectivity index (χ0n) is 14.3. The number of benzene rings is 2. The zero-order chi connectivity index (χ0) is 20.4. The molecule has 0 radical (unpaired) electrons. The molecule has 2 rings (SSSR count). The summed E-state index contributed by atoms with van der Waals surface area (Å²) in [5.74, 6) is -3.42. The normalized spacial score (nSPS) is 12.5. The van der Waals surface area contributed by atoms with Crippen molar-refractivity contribution in [3.05, 3.63) is 58.9 Å². The molecular formula is C17H16ClF3N2O3S. The van der Waals surface area contributed by atoms with Gasteiger partial charge in [-0.05, 0) is 36.8 Å². The average molecular weight is 421 g/mol. The summed E-state index contributed by atoms with van der Waals surface area (Å²) in [6.07, 6.45) is 0.898. The molecule has 0 unspecified atom stereocenters. The van der Waals surface area contributed by atoms with E-state index < -0.39 is 39.4 Å². The van der Waals surface area contributed by atoms with E-state index in [1.165, 1.54) is 0 Å². The summed E-state index contributed by atoms with van der Waals surface area (Å²) in [5, 5.41) is 1.92. The van der Waals surface area contributed by atoms with Gasteiger partial charge in [0.1, 0.15) is 23.5 Å². The standard InChI is InChI=1S/C17H16ClF3N2O3S/c1-3-16(17(24)22-15-7-4-10(19)8-14(15)21)23(27(2,25)26)11-5-6-13(20)12(18)9-11/h4-9,16H,3H2,1-2H3,(H,22,24)/t16-/m0/s1. The van der Waals surface area contributed by atoms with Crippen LogP contribution in [0, 0.1) is 17.5 Å². The van der Waals surface area contributed by atoms with E-state index in [1.807, 2.05) is 0 Å². The predicted octanol–water partition coefficient (Wildman–Crippen LogP) is 3.94. The molecule has 0 aliphatic carbocycles. The zero-order valence-corrected chi connectivity index (χ0v) is 15.9. The number of halogens is 4. The minimum atomic E-state index is -3.98. The van der Waals surface area contributed by atoms with Crippen LogP contribution in [0.25, 0.3) is 0 Å². The van der Waals surface area contributed by atoms with Crippen molar-refractivity contribution < 1.29 is 26.4 Å². The summed E-state index contributed by atoms with van der Waals surface area (Å²) >= 11 is 5.72. The molecule has 0 aromatic heterocycles. The van der Waals surface area contributed by atoms with Gasteiger partial charge in [0.25, 0.3) is 0 Å². The number of rotatable bonds is 6. The van der Waals surface area contributed by atoms with Crippen molar-refractivity contribution >= 4 is 38.9 Å². The van der Waals surface area contributed by atoms with Crippen LogP contribution in [0.5, 0.6) is 0 Å². The van der Waals surface area contributed by atoms with Crippen LogP contribution in [0.2, 0.25) is 5.02 Å². The molecule has 0 saturated carbocycles. The first-order chi connectivity index (χ1) is 12.5. The number of carbonyl (C=O) groups is 1. The van der Waals surface area contributed by atoms with Gasteiger partial charge in [0.2, 0.25) is 15.9 Å². The van der Waals surface area contributed by atoms with E-state index in [4.69, 9.17) is 11.6 Å². The van der Waals surface area contributed by atoms with E-state index >= 15 is 0 Å². The molecule has 0 bridgehead atoms. The second-order valence-electron chi connectivity index (χ2n) is 5.69. The Morgan fingerprint density at radius 2 is 1.81 bits per heavy atom. The largest absolute Gasteiger partial charge is 0.322 e. The topological polar surface area (TPSA) is 66.5 Å². The summed E-state index contributed by atoms with van der Waals surface area (Å²) in [7, 11) is -3.98.